The number of nitrogens with zero attached hydrogens (tertiary/aromatic N) is 1. The lowest BCUT2D eigenvalue weighted by Crippen LogP contribution is -2.41. The maximum atomic E-state index is 13.3. The second-order valence-electron chi connectivity index (χ2n) is 8.66. The SMILES string of the molecule is CCOCC(NS(=O)(=O)c1ccc(NC[C@@H]2C[C@H]2c2ccco2)c2cnccc12)C(C)C. The Bertz CT molecular complexity index is 1150. The Morgan fingerprint density at radius 2 is 2.06 bits per heavy atom. The molecule has 1 aromatic carbocycles. The van der Waals surface area contributed by atoms with Crippen LogP contribution in [0.5, 0.6) is 0 Å². The third-order valence-electron chi connectivity index (χ3n) is 6.07. The number of aromatic nitrogens is 1. The quantitative estimate of drug-likeness (QED) is 0.444. The van der Waals surface area contributed by atoms with Crippen molar-refractivity contribution < 1.29 is 17.6 Å². The van der Waals surface area contributed by atoms with E-state index < -0.39 is 10.0 Å². The van der Waals surface area contributed by atoms with E-state index in [0.29, 0.717) is 30.4 Å². The Morgan fingerprint density at radius 3 is 2.78 bits per heavy atom. The molecular formula is C24H31N3O4S. The molecule has 0 bridgehead atoms. The molecule has 1 unspecified atom stereocenters. The van der Waals surface area contributed by atoms with Crippen molar-refractivity contribution in [2.75, 3.05) is 25.1 Å². The predicted octanol–water partition coefficient (Wildman–Crippen LogP) is 4.38. The van der Waals surface area contributed by atoms with Crippen molar-refractivity contribution in [3.8, 4) is 0 Å². The summed E-state index contributed by atoms with van der Waals surface area (Å²) in [5.41, 5.74) is 0.881. The van der Waals surface area contributed by atoms with Gasteiger partial charge in [-0.3, -0.25) is 4.98 Å². The van der Waals surface area contributed by atoms with E-state index in [4.69, 9.17) is 9.15 Å². The fraction of sp³-hybridized carbons (Fsp3) is 0.458. The third-order valence-corrected chi connectivity index (χ3v) is 7.61. The monoisotopic (exact) mass is 457 g/mol. The highest BCUT2D eigenvalue weighted by Gasteiger charge is 2.40. The molecular weight excluding hydrogens is 426 g/mol. The molecule has 0 amide bonds. The first kappa shape index (κ1) is 22.8. The van der Waals surface area contributed by atoms with Gasteiger partial charge in [0.15, 0.2) is 0 Å². The van der Waals surface area contributed by atoms with E-state index >= 15 is 0 Å². The predicted molar refractivity (Wildman–Crippen MR) is 125 cm³/mol. The molecule has 3 atom stereocenters. The van der Waals surface area contributed by atoms with Crippen molar-refractivity contribution >= 4 is 26.5 Å². The molecule has 2 N–H and O–H groups in total. The van der Waals surface area contributed by atoms with Crippen LogP contribution in [0.15, 0.2) is 58.3 Å². The van der Waals surface area contributed by atoms with Crippen LogP contribution in [-0.2, 0) is 14.8 Å². The summed E-state index contributed by atoms with van der Waals surface area (Å²) in [6.07, 6.45) is 6.14. The molecule has 1 saturated carbocycles. The van der Waals surface area contributed by atoms with E-state index in [2.05, 4.69) is 15.0 Å². The fourth-order valence-electron chi connectivity index (χ4n) is 3.99. The molecule has 32 heavy (non-hydrogen) atoms. The Kier molecular flexibility index (Phi) is 6.83. The minimum Gasteiger partial charge on any atom is -0.469 e. The number of fused-ring (bicyclic) bond motifs is 1. The van der Waals surface area contributed by atoms with Crippen LogP contribution in [0.2, 0.25) is 0 Å². The van der Waals surface area contributed by atoms with E-state index in [0.717, 1.165) is 29.8 Å². The standard InChI is InChI=1S/C24H31N3O4S/c1-4-30-15-22(16(2)3)27-32(28,29)24-8-7-21(20-14-25-10-9-18(20)24)26-13-17-12-19(17)23-6-5-11-31-23/h5-11,14,16-17,19,22,26-27H,4,12-13,15H2,1-3H3/t17-,19+,22?/m0/s1. The highest BCUT2D eigenvalue weighted by Crippen LogP contribution is 2.47. The van der Waals surface area contributed by atoms with Crippen molar-refractivity contribution in [3.63, 3.8) is 0 Å². The molecule has 3 aromatic rings. The number of furan rings is 1. The van der Waals surface area contributed by atoms with Crippen LogP contribution < -0.4 is 10.0 Å². The highest BCUT2D eigenvalue weighted by atomic mass is 32.2. The number of benzene rings is 1. The first-order valence-corrected chi connectivity index (χ1v) is 12.6. The first-order valence-electron chi connectivity index (χ1n) is 11.1. The van der Waals surface area contributed by atoms with E-state index in [-0.39, 0.29) is 16.9 Å². The maximum Gasteiger partial charge on any atom is 0.241 e. The van der Waals surface area contributed by atoms with Gasteiger partial charge in [0.25, 0.3) is 0 Å². The van der Waals surface area contributed by atoms with Gasteiger partial charge in [-0.05, 0) is 55.5 Å². The average Bonchev–Trinajstić information content (AvgIpc) is 3.34. The van der Waals surface area contributed by atoms with Crippen LogP contribution in [0.4, 0.5) is 5.69 Å². The van der Waals surface area contributed by atoms with Gasteiger partial charge >= 0.3 is 0 Å². The van der Waals surface area contributed by atoms with Crippen LogP contribution >= 0.6 is 0 Å². The van der Waals surface area contributed by atoms with Gasteiger partial charge < -0.3 is 14.5 Å². The van der Waals surface area contributed by atoms with Gasteiger partial charge in [0.2, 0.25) is 10.0 Å². The van der Waals surface area contributed by atoms with Gasteiger partial charge in [-0.15, -0.1) is 0 Å². The number of ether oxygens (including phenoxy) is 1. The molecule has 2 aromatic heterocycles. The highest BCUT2D eigenvalue weighted by molar-refractivity contribution is 7.89. The van der Waals surface area contributed by atoms with Crippen LogP contribution in [-0.4, -0.2) is 39.2 Å². The Labute approximate surface area is 189 Å². The summed E-state index contributed by atoms with van der Waals surface area (Å²) in [7, 11) is -3.73. The molecule has 7 nitrogen and oxygen atoms in total. The van der Waals surface area contributed by atoms with Crippen LogP contribution in [0.3, 0.4) is 0 Å². The Hall–Kier alpha value is -2.42. The zero-order valence-corrected chi connectivity index (χ0v) is 19.6. The lowest BCUT2D eigenvalue weighted by Gasteiger charge is -2.22. The fourth-order valence-corrected chi connectivity index (χ4v) is 5.57. The zero-order chi connectivity index (χ0) is 22.7. The number of rotatable bonds is 11. The van der Waals surface area contributed by atoms with Gasteiger partial charge in [-0.25, -0.2) is 13.1 Å². The summed E-state index contributed by atoms with van der Waals surface area (Å²) >= 11 is 0. The molecule has 0 saturated heterocycles. The van der Waals surface area contributed by atoms with Gasteiger partial charge in [-0.2, -0.15) is 0 Å². The van der Waals surface area contributed by atoms with Crippen molar-refractivity contribution in [2.24, 2.45) is 11.8 Å². The molecule has 4 rings (SSSR count). The Morgan fingerprint density at radius 1 is 1.22 bits per heavy atom. The third kappa shape index (κ3) is 4.98. The van der Waals surface area contributed by atoms with Gasteiger partial charge in [0, 0.05) is 54.0 Å². The minimum absolute atomic E-state index is 0.103. The van der Waals surface area contributed by atoms with Crippen LogP contribution in [0.1, 0.15) is 38.9 Å². The molecule has 0 aliphatic heterocycles. The second kappa shape index (κ2) is 9.60. The van der Waals surface area contributed by atoms with E-state index in [1.54, 1.807) is 30.8 Å². The van der Waals surface area contributed by atoms with Gasteiger partial charge in [0.05, 0.1) is 17.8 Å². The summed E-state index contributed by atoms with van der Waals surface area (Å²) < 4.78 is 40.4. The maximum absolute atomic E-state index is 13.3. The summed E-state index contributed by atoms with van der Waals surface area (Å²) in [5.74, 6) is 2.08. The molecule has 2 heterocycles. The number of hydrogen-bond donors (Lipinski definition) is 2. The van der Waals surface area contributed by atoms with Crippen molar-refractivity contribution in [3.05, 3.63) is 54.7 Å². The molecule has 0 spiro atoms. The summed E-state index contributed by atoms with van der Waals surface area (Å²) in [6, 6.07) is 8.89. The largest absolute Gasteiger partial charge is 0.469 e. The average molecular weight is 458 g/mol. The molecule has 1 fully saturated rings. The van der Waals surface area contributed by atoms with Gasteiger partial charge in [-0.1, -0.05) is 13.8 Å². The lowest BCUT2D eigenvalue weighted by atomic mass is 10.1. The number of sulfonamides is 1. The Balaban J connectivity index is 1.54. The first-order chi connectivity index (χ1) is 15.4. The topological polar surface area (TPSA) is 93.5 Å². The number of nitrogens with one attached hydrogen (secondary N) is 2. The summed E-state index contributed by atoms with van der Waals surface area (Å²) in [4.78, 5) is 4.49. The van der Waals surface area contributed by atoms with Gasteiger partial charge in [0.1, 0.15) is 5.76 Å². The van der Waals surface area contributed by atoms with Crippen molar-refractivity contribution in [1.82, 2.24) is 9.71 Å². The van der Waals surface area contributed by atoms with E-state index in [9.17, 15) is 8.42 Å². The number of anilines is 1. The van der Waals surface area contributed by atoms with Crippen molar-refractivity contribution in [2.45, 2.75) is 44.0 Å². The second-order valence-corrected chi connectivity index (χ2v) is 10.3. The van der Waals surface area contributed by atoms with Crippen LogP contribution in [0.25, 0.3) is 10.8 Å². The number of hydrogen-bond acceptors (Lipinski definition) is 6. The normalized spacial score (nSPS) is 19.4. The van der Waals surface area contributed by atoms with Crippen LogP contribution in [0, 0.1) is 11.8 Å². The molecule has 1 aliphatic rings. The molecule has 1 aliphatic carbocycles. The zero-order valence-electron chi connectivity index (χ0n) is 18.7. The van der Waals surface area contributed by atoms with E-state index in [1.807, 2.05) is 39.0 Å². The summed E-state index contributed by atoms with van der Waals surface area (Å²) in [6.45, 7) is 7.54. The lowest BCUT2D eigenvalue weighted by molar-refractivity contribution is 0.116. The minimum atomic E-state index is -3.73. The number of pyridine rings is 1. The molecule has 0 radical (unpaired) electrons. The summed E-state index contributed by atoms with van der Waals surface area (Å²) in [5, 5.41) is 4.93. The smallest absolute Gasteiger partial charge is 0.241 e. The van der Waals surface area contributed by atoms with Crippen molar-refractivity contribution in [1.29, 1.82) is 0 Å². The molecule has 8 heteroatoms. The molecule has 172 valence electrons. The van der Waals surface area contributed by atoms with E-state index in [1.165, 1.54) is 0 Å².